The van der Waals surface area contributed by atoms with Gasteiger partial charge in [0.2, 0.25) is 0 Å². The summed E-state index contributed by atoms with van der Waals surface area (Å²) in [6, 6.07) is 15.3. The van der Waals surface area contributed by atoms with Gasteiger partial charge in [0.1, 0.15) is 43.4 Å². The fourth-order valence-corrected chi connectivity index (χ4v) is 9.02. The molecule has 3 aromatic rings. The van der Waals surface area contributed by atoms with Crippen molar-refractivity contribution in [3.05, 3.63) is 137 Å². The van der Waals surface area contributed by atoms with Gasteiger partial charge >= 0.3 is 29.8 Å². The van der Waals surface area contributed by atoms with Crippen molar-refractivity contribution in [3.8, 4) is 28.0 Å². The lowest BCUT2D eigenvalue weighted by Gasteiger charge is -2.33. The van der Waals surface area contributed by atoms with Crippen LogP contribution in [0.2, 0.25) is 0 Å². The highest BCUT2D eigenvalue weighted by molar-refractivity contribution is 5.89. The van der Waals surface area contributed by atoms with Crippen LogP contribution in [0.1, 0.15) is 120 Å². The molecule has 14 nitrogen and oxygen atoms in total. The van der Waals surface area contributed by atoms with Crippen molar-refractivity contribution in [1.29, 1.82) is 0 Å². The zero-order valence-corrected chi connectivity index (χ0v) is 45.6. The van der Waals surface area contributed by atoms with Gasteiger partial charge in [-0.25, -0.2) is 28.4 Å². The second kappa shape index (κ2) is 31.5. The maximum atomic E-state index is 16.2. The van der Waals surface area contributed by atoms with E-state index >= 15 is 4.39 Å². The van der Waals surface area contributed by atoms with Crippen LogP contribution < -0.4 is 4.74 Å². The van der Waals surface area contributed by atoms with Gasteiger partial charge in [0.25, 0.3) is 0 Å². The minimum Gasteiger partial charge on any atom is -0.492 e. The summed E-state index contributed by atoms with van der Waals surface area (Å²) in [4.78, 5) is 63.9. The lowest BCUT2D eigenvalue weighted by atomic mass is 9.77. The van der Waals surface area contributed by atoms with Gasteiger partial charge in [0.05, 0.1) is 49.8 Å². The Balaban J connectivity index is 1.85. The Labute approximate surface area is 453 Å². The van der Waals surface area contributed by atoms with Crippen LogP contribution in [-0.2, 0) is 66.9 Å². The molecule has 3 N–H and O–H groups in total. The number of carbonyl (C=O) groups excluding carboxylic acids is 5. The number of rotatable bonds is 33. The first kappa shape index (κ1) is 62.9. The van der Waals surface area contributed by atoms with Crippen molar-refractivity contribution in [2.24, 2.45) is 11.3 Å². The summed E-state index contributed by atoms with van der Waals surface area (Å²) in [6.45, 7) is 20.8. The number of aliphatic hydroxyl groups excluding tert-OH is 3. The molecule has 1 saturated carbocycles. The van der Waals surface area contributed by atoms with Gasteiger partial charge in [0, 0.05) is 16.7 Å². The summed E-state index contributed by atoms with van der Waals surface area (Å²) >= 11 is 0. The molecule has 0 aliphatic heterocycles. The molecule has 77 heavy (non-hydrogen) atoms. The summed E-state index contributed by atoms with van der Waals surface area (Å²) in [5.41, 5.74) is 3.85. The molecular weight excluding hydrogens is 988 g/mol. The lowest BCUT2D eigenvalue weighted by Crippen LogP contribution is -2.44. The Morgan fingerprint density at radius 3 is 1.55 bits per heavy atom. The number of hydrogen-bond donors (Lipinski definition) is 3. The number of hydrogen-bond acceptors (Lipinski definition) is 14. The Hall–Kier alpha value is -6.68. The zero-order chi connectivity index (χ0) is 56.7. The smallest absolute Gasteiger partial charge is 0.335 e. The van der Waals surface area contributed by atoms with Gasteiger partial charge in [-0.2, -0.15) is 0 Å². The van der Waals surface area contributed by atoms with Crippen molar-refractivity contribution in [1.82, 2.24) is 0 Å². The van der Waals surface area contributed by atoms with Crippen LogP contribution in [0.25, 0.3) is 22.3 Å². The van der Waals surface area contributed by atoms with E-state index in [-0.39, 0.29) is 66.2 Å². The van der Waals surface area contributed by atoms with Crippen LogP contribution in [0.4, 0.5) is 4.39 Å². The van der Waals surface area contributed by atoms with Crippen molar-refractivity contribution < 1.29 is 72.1 Å². The quantitative estimate of drug-likeness (QED) is 0.0225. The summed E-state index contributed by atoms with van der Waals surface area (Å²) in [5, 5.41) is 28.8. The number of unbranched alkanes of at least 4 members (excludes halogenated alkanes) is 2. The van der Waals surface area contributed by atoms with Crippen LogP contribution in [0.5, 0.6) is 5.75 Å². The fourth-order valence-electron chi connectivity index (χ4n) is 9.02. The standard InChI is InChI=1S/C62H79FO14/c1-10-12-13-16-45-19-21-47(22-20-45)48-23-26-54(55(63)32-48)49-24-25-53(46(11-2)29-49)52-30-50(17-14-27-72-57(67)40(3)4)56(51(31-52)18-15-28-73-59(69)42(7)33-64)74-36-62(37-75-58(68)41(5)6,38-76-60(70)43(8)34-65)39-77-61(71)44(9)35-66/h23-26,29-32,45,47,64-66H,3,5,7-22,27-28,33-39H2,1-2,4,6H3. The third kappa shape index (κ3) is 19.1. The van der Waals surface area contributed by atoms with E-state index in [2.05, 4.69) is 45.9 Å². The van der Waals surface area contributed by atoms with E-state index in [4.69, 9.17) is 28.4 Å². The highest BCUT2D eigenvalue weighted by atomic mass is 19.1. The Bertz CT molecular complexity index is 2570. The van der Waals surface area contributed by atoms with E-state index in [9.17, 15) is 39.3 Å². The van der Waals surface area contributed by atoms with Gasteiger partial charge < -0.3 is 43.7 Å². The molecule has 1 fully saturated rings. The number of aliphatic hydroxyl groups is 3. The van der Waals surface area contributed by atoms with Gasteiger partial charge in [-0.05, 0) is 141 Å². The molecule has 0 aromatic heterocycles. The Kier molecular flexibility index (Phi) is 25.7. The molecule has 0 bridgehead atoms. The number of esters is 5. The molecule has 0 heterocycles. The highest BCUT2D eigenvalue weighted by Crippen LogP contribution is 2.41. The molecule has 1 aliphatic rings. The molecule has 0 spiro atoms. The van der Waals surface area contributed by atoms with Gasteiger partial charge in [0.15, 0.2) is 0 Å². The minimum absolute atomic E-state index is 0.00511. The van der Waals surface area contributed by atoms with Crippen molar-refractivity contribution in [2.45, 2.75) is 117 Å². The maximum absolute atomic E-state index is 16.2. The molecule has 0 atom stereocenters. The summed E-state index contributed by atoms with van der Waals surface area (Å²) in [5.74, 6) is -3.05. The van der Waals surface area contributed by atoms with Gasteiger partial charge in [-0.1, -0.05) is 103 Å². The maximum Gasteiger partial charge on any atom is 0.335 e. The van der Waals surface area contributed by atoms with Crippen LogP contribution in [0.15, 0.2) is 109 Å². The molecular formula is C62H79FO14. The number of halogens is 1. The van der Waals surface area contributed by atoms with Crippen LogP contribution in [-0.4, -0.2) is 105 Å². The van der Waals surface area contributed by atoms with Crippen LogP contribution >= 0.6 is 0 Å². The van der Waals surface area contributed by atoms with Crippen LogP contribution in [0, 0.1) is 17.2 Å². The predicted octanol–water partition coefficient (Wildman–Crippen LogP) is 10.3. The number of carbonyl (C=O) groups is 5. The van der Waals surface area contributed by atoms with Crippen molar-refractivity contribution in [3.63, 3.8) is 0 Å². The molecule has 3 aromatic carbocycles. The van der Waals surface area contributed by atoms with Crippen molar-refractivity contribution >= 4 is 29.8 Å². The van der Waals surface area contributed by atoms with E-state index in [1.54, 1.807) is 6.07 Å². The predicted molar refractivity (Wildman–Crippen MR) is 293 cm³/mol. The first-order valence-corrected chi connectivity index (χ1v) is 26.5. The molecule has 1 aliphatic carbocycles. The average molecular weight is 1070 g/mol. The average Bonchev–Trinajstić information content (AvgIpc) is 3.43. The molecule has 0 saturated heterocycles. The van der Waals surface area contributed by atoms with E-state index in [1.807, 2.05) is 43.3 Å². The van der Waals surface area contributed by atoms with E-state index in [1.165, 1.54) is 52.4 Å². The topological polar surface area (TPSA) is 201 Å². The monoisotopic (exact) mass is 1070 g/mol. The second-order valence-electron chi connectivity index (χ2n) is 20.1. The largest absolute Gasteiger partial charge is 0.492 e. The molecule has 15 heteroatoms. The second-order valence-corrected chi connectivity index (χ2v) is 20.1. The highest BCUT2D eigenvalue weighted by Gasteiger charge is 2.39. The van der Waals surface area contributed by atoms with Gasteiger partial charge in [-0.3, -0.25) is 0 Å². The van der Waals surface area contributed by atoms with E-state index in [0.717, 1.165) is 46.6 Å². The molecule has 0 radical (unpaired) electrons. The van der Waals surface area contributed by atoms with Crippen molar-refractivity contribution in [2.75, 3.05) is 59.5 Å². The summed E-state index contributed by atoms with van der Waals surface area (Å²) in [7, 11) is 0. The van der Waals surface area contributed by atoms with Crippen LogP contribution in [0.3, 0.4) is 0 Å². The summed E-state index contributed by atoms with van der Waals surface area (Å²) in [6.07, 6.45) is 11.1. The minimum atomic E-state index is -1.67. The molecule has 0 unspecified atom stereocenters. The van der Waals surface area contributed by atoms with E-state index in [0.29, 0.717) is 41.2 Å². The first-order valence-electron chi connectivity index (χ1n) is 26.5. The molecule has 0 amide bonds. The number of aryl methyl sites for hydroxylation is 3. The summed E-state index contributed by atoms with van der Waals surface area (Å²) < 4.78 is 50.6. The fraction of sp³-hybridized carbons (Fsp3) is 0.468. The Morgan fingerprint density at radius 2 is 1.05 bits per heavy atom. The Morgan fingerprint density at radius 1 is 0.571 bits per heavy atom. The normalized spacial score (nSPS) is 14.2. The number of ether oxygens (including phenoxy) is 6. The third-order valence-corrected chi connectivity index (χ3v) is 13.7. The molecule has 418 valence electrons. The zero-order valence-electron chi connectivity index (χ0n) is 45.6. The molecule has 4 rings (SSSR count). The van der Waals surface area contributed by atoms with E-state index < -0.39 is 81.5 Å². The lowest BCUT2D eigenvalue weighted by molar-refractivity contribution is -0.160. The number of benzene rings is 3. The SMILES string of the molecule is C=C(C)C(=O)OCCCc1cc(-c2ccc(-c3ccc(C4CCC(CCCCC)CC4)cc3F)cc2CC)cc(CCCOC(=O)C(=C)CO)c1OCC(COC(=O)C(=C)C)(COC(=O)C(=C)CO)COC(=O)C(=C)CO. The third-order valence-electron chi connectivity index (χ3n) is 13.7. The van der Waals surface area contributed by atoms with Gasteiger partial charge in [-0.15, -0.1) is 0 Å². The first-order chi connectivity index (χ1) is 36.8.